The minimum atomic E-state index is 0.0341. The van der Waals surface area contributed by atoms with Gasteiger partial charge in [-0.1, -0.05) is 39.7 Å². The van der Waals surface area contributed by atoms with Crippen LogP contribution in [0.5, 0.6) is 5.75 Å². The zero-order chi connectivity index (χ0) is 12.5. The standard InChI is InChI=1S/C14H11BrClNO/c15-10-3-1-9(2-4-10)14-8-17-12-7-11(16)5-6-13(12)18-14/h1-7,14,17H,8H2. The van der Waals surface area contributed by atoms with Crippen molar-refractivity contribution in [2.24, 2.45) is 0 Å². The smallest absolute Gasteiger partial charge is 0.143 e. The van der Waals surface area contributed by atoms with Crippen LogP contribution < -0.4 is 10.1 Å². The van der Waals surface area contributed by atoms with Gasteiger partial charge in [0.25, 0.3) is 0 Å². The predicted molar refractivity (Wildman–Crippen MR) is 77.5 cm³/mol. The summed E-state index contributed by atoms with van der Waals surface area (Å²) in [4.78, 5) is 0. The lowest BCUT2D eigenvalue weighted by atomic mass is 10.1. The molecule has 1 heterocycles. The Balaban J connectivity index is 1.86. The number of anilines is 1. The van der Waals surface area contributed by atoms with Crippen molar-refractivity contribution in [3.05, 3.63) is 57.5 Å². The first-order valence-electron chi connectivity index (χ1n) is 5.68. The first-order chi connectivity index (χ1) is 8.72. The number of ether oxygens (including phenoxy) is 1. The molecule has 1 N–H and O–H groups in total. The fraction of sp³-hybridized carbons (Fsp3) is 0.143. The molecule has 1 atom stereocenters. The van der Waals surface area contributed by atoms with E-state index in [0.29, 0.717) is 5.02 Å². The summed E-state index contributed by atoms with van der Waals surface area (Å²) in [5.41, 5.74) is 2.11. The molecule has 0 radical (unpaired) electrons. The van der Waals surface area contributed by atoms with Gasteiger partial charge in [-0.25, -0.2) is 0 Å². The summed E-state index contributed by atoms with van der Waals surface area (Å²) in [5, 5.41) is 4.06. The Hall–Kier alpha value is -1.19. The van der Waals surface area contributed by atoms with E-state index < -0.39 is 0 Å². The van der Waals surface area contributed by atoms with Gasteiger partial charge in [0.05, 0.1) is 12.2 Å². The highest BCUT2D eigenvalue weighted by Crippen LogP contribution is 2.35. The van der Waals surface area contributed by atoms with E-state index in [1.54, 1.807) is 0 Å². The molecule has 92 valence electrons. The quantitative estimate of drug-likeness (QED) is 0.824. The number of nitrogens with one attached hydrogen (secondary N) is 1. The van der Waals surface area contributed by atoms with Crippen molar-refractivity contribution in [1.29, 1.82) is 0 Å². The van der Waals surface area contributed by atoms with Gasteiger partial charge in [0, 0.05) is 9.50 Å². The third-order valence-corrected chi connectivity index (χ3v) is 3.69. The molecular formula is C14H11BrClNO. The molecule has 0 aliphatic carbocycles. The first-order valence-corrected chi connectivity index (χ1v) is 6.85. The number of hydrogen-bond donors (Lipinski definition) is 1. The molecule has 0 fully saturated rings. The Morgan fingerprint density at radius 1 is 1.17 bits per heavy atom. The summed E-state index contributed by atoms with van der Waals surface area (Å²) in [5.74, 6) is 0.846. The number of halogens is 2. The molecule has 0 saturated heterocycles. The second-order valence-electron chi connectivity index (χ2n) is 4.18. The van der Waals surface area contributed by atoms with Gasteiger partial charge in [-0.3, -0.25) is 0 Å². The molecular weight excluding hydrogens is 314 g/mol. The summed E-state index contributed by atoms with van der Waals surface area (Å²) < 4.78 is 7.05. The Bertz CT molecular complexity index is 571. The molecule has 2 aromatic carbocycles. The van der Waals surface area contributed by atoms with Crippen LogP contribution in [0.3, 0.4) is 0 Å². The molecule has 0 amide bonds. The maximum absolute atomic E-state index is 5.98. The minimum Gasteiger partial charge on any atom is -0.482 e. The summed E-state index contributed by atoms with van der Waals surface area (Å²) >= 11 is 9.38. The normalized spacial score (nSPS) is 17.6. The van der Waals surface area contributed by atoms with E-state index in [9.17, 15) is 0 Å². The van der Waals surface area contributed by atoms with Gasteiger partial charge >= 0.3 is 0 Å². The van der Waals surface area contributed by atoms with Crippen LogP contribution in [-0.4, -0.2) is 6.54 Å². The fourth-order valence-electron chi connectivity index (χ4n) is 2.00. The van der Waals surface area contributed by atoms with Gasteiger partial charge in [0.1, 0.15) is 11.9 Å². The van der Waals surface area contributed by atoms with E-state index in [1.165, 1.54) is 0 Å². The van der Waals surface area contributed by atoms with E-state index in [2.05, 4.69) is 33.4 Å². The average Bonchev–Trinajstić information content (AvgIpc) is 2.39. The zero-order valence-corrected chi connectivity index (χ0v) is 11.8. The van der Waals surface area contributed by atoms with Gasteiger partial charge in [-0.15, -0.1) is 0 Å². The lowest BCUT2D eigenvalue weighted by molar-refractivity contribution is 0.210. The summed E-state index contributed by atoms with van der Waals surface area (Å²) in [7, 11) is 0. The average molecular weight is 325 g/mol. The molecule has 2 nitrogen and oxygen atoms in total. The molecule has 0 saturated carbocycles. The molecule has 2 aromatic rings. The topological polar surface area (TPSA) is 21.3 Å². The van der Waals surface area contributed by atoms with Crippen LogP contribution in [0, 0.1) is 0 Å². The molecule has 1 aliphatic heterocycles. The van der Waals surface area contributed by atoms with Gasteiger partial charge < -0.3 is 10.1 Å². The van der Waals surface area contributed by atoms with Gasteiger partial charge in [-0.05, 0) is 35.9 Å². The van der Waals surface area contributed by atoms with Gasteiger partial charge in [0.15, 0.2) is 0 Å². The van der Waals surface area contributed by atoms with Gasteiger partial charge in [-0.2, -0.15) is 0 Å². The van der Waals surface area contributed by atoms with Crippen LogP contribution >= 0.6 is 27.5 Å². The third kappa shape index (κ3) is 2.33. The zero-order valence-electron chi connectivity index (χ0n) is 9.49. The second kappa shape index (κ2) is 4.82. The second-order valence-corrected chi connectivity index (χ2v) is 5.53. The summed E-state index contributed by atoms with van der Waals surface area (Å²) in [6.45, 7) is 0.745. The van der Waals surface area contributed by atoms with Crippen LogP contribution in [0.15, 0.2) is 46.9 Å². The van der Waals surface area contributed by atoms with Crippen molar-refractivity contribution in [2.75, 3.05) is 11.9 Å². The lowest BCUT2D eigenvalue weighted by Crippen LogP contribution is -2.23. The van der Waals surface area contributed by atoms with Crippen molar-refractivity contribution >= 4 is 33.2 Å². The molecule has 0 bridgehead atoms. The van der Waals surface area contributed by atoms with Crippen LogP contribution in [0.4, 0.5) is 5.69 Å². The number of hydrogen-bond acceptors (Lipinski definition) is 2. The molecule has 4 heteroatoms. The molecule has 1 aliphatic rings. The van der Waals surface area contributed by atoms with E-state index in [0.717, 1.165) is 28.0 Å². The Kier molecular flexibility index (Phi) is 3.18. The molecule has 0 spiro atoms. The van der Waals surface area contributed by atoms with Crippen molar-refractivity contribution in [3.63, 3.8) is 0 Å². The van der Waals surface area contributed by atoms with Gasteiger partial charge in [0.2, 0.25) is 0 Å². The van der Waals surface area contributed by atoms with E-state index in [1.807, 2.05) is 30.3 Å². The molecule has 0 aromatic heterocycles. The molecule has 18 heavy (non-hydrogen) atoms. The number of rotatable bonds is 1. The predicted octanol–water partition coefficient (Wildman–Crippen LogP) is 4.65. The van der Waals surface area contributed by atoms with Crippen LogP contribution in [-0.2, 0) is 0 Å². The lowest BCUT2D eigenvalue weighted by Gasteiger charge is -2.27. The largest absolute Gasteiger partial charge is 0.482 e. The highest BCUT2D eigenvalue weighted by atomic mass is 79.9. The number of benzene rings is 2. The first kappa shape index (κ1) is 11.9. The SMILES string of the molecule is Clc1ccc2c(c1)NCC(c1ccc(Br)cc1)O2. The third-order valence-electron chi connectivity index (χ3n) is 2.93. The summed E-state index contributed by atoms with van der Waals surface area (Å²) in [6, 6.07) is 13.8. The molecule has 1 unspecified atom stereocenters. The molecule has 3 rings (SSSR count). The highest BCUT2D eigenvalue weighted by Gasteiger charge is 2.20. The van der Waals surface area contributed by atoms with E-state index in [4.69, 9.17) is 16.3 Å². The Morgan fingerprint density at radius 3 is 2.72 bits per heavy atom. The highest BCUT2D eigenvalue weighted by molar-refractivity contribution is 9.10. The van der Waals surface area contributed by atoms with E-state index >= 15 is 0 Å². The van der Waals surface area contributed by atoms with Crippen molar-refractivity contribution < 1.29 is 4.74 Å². The maximum atomic E-state index is 5.98. The van der Waals surface area contributed by atoms with Crippen molar-refractivity contribution in [2.45, 2.75) is 6.10 Å². The van der Waals surface area contributed by atoms with Crippen LogP contribution in [0.25, 0.3) is 0 Å². The van der Waals surface area contributed by atoms with Crippen LogP contribution in [0.1, 0.15) is 11.7 Å². The fourth-order valence-corrected chi connectivity index (χ4v) is 2.44. The summed E-state index contributed by atoms with van der Waals surface area (Å²) in [6.07, 6.45) is 0.0341. The Labute approximate surface area is 119 Å². The maximum Gasteiger partial charge on any atom is 0.143 e. The van der Waals surface area contributed by atoms with Crippen molar-refractivity contribution in [3.8, 4) is 5.75 Å². The minimum absolute atomic E-state index is 0.0341. The van der Waals surface area contributed by atoms with E-state index in [-0.39, 0.29) is 6.10 Å². The number of fused-ring (bicyclic) bond motifs is 1. The van der Waals surface area contributed by atoms with Crippen LogP contribution in [0.2, 0.25) is 5.02 Å². The monoisotopic (exact) mass is 323 g/mol. The Morgan fingerprint density at radius 2 is 1.94 bits per heavy atom. The van der Waals surface area contributed by atoms with Crippen molar-refractivity contribution in [1.82, 2.24) is 0 Å².